The average molecular weight is 286 g/mol. The number of isocyanates is 1. The number of hydrogen-bond donors (Lipinski definition) is 0. The lowest BCUT2D eigenvalue weighted by molar-refractivity contribution is -0.198. The van der Waals surface area contributed by atoms with Gasteiger partial charge in [-0.15, -0.1) is 0 Å². The smallest absolute Gasteiger partial charge is 0.428 e. The number of alkyl halides is 4. The fourth-order valence-corrected chi connectivity index (χ4v) is 1.14. The largest absolute Gasteiger partial charge is 0.444 e. The van der Waals surface area contributed by atoms with Gasteiger partial charge in [0.25, 0.3) is 5.63 Å². The first-order chi connectivity index (χ1) is 7.86. The third-order valence-corrected chi connectivity index (χ3v) is 2.14. The lowest BCUT2D eigenvalue weighted by Crippen LogP contribution is -2.32. The highest BCUT2D eigenvalue weighted by Crippen LogP contribution is 2.35. The molecule has 1 atom stereocenters. The first-order valence-corrected chi connectivity index (χ1v) is 4.90. The Morgan fingerprint density at radius 3 is 2.59 bits per heavy atom. The molecule has 0 heterocycles. The van der Waals surface area contributed by atoms with Crippen molar-refractivity contribution in [3.63, 3.8) is 0 Å². The lowest BCUT2D eigenvalue weighted by Gasteiger charge is -2.18. The summed E-state index contributed by atoms with van der Waals surface area (Å²) in [6.45, 7) is 0. The van der Waals surface area contributed by atoms with Gasteiger partial charge in [0, 0.05) is 0 Å². The molecule has 0 aliphatic rings. The van der Waals surface area contributed by atoms with E-state index in [9.17, 15) is 18.0 Å². The van der Waals surface area contributed by atoms with Crippen molar-refractivity contribution < 1.29 is 22.7 Å². The minimum atomic E-state index is -4.21. The van der Waals surface area contributed by atoms with Gasteiger partial charge in [0.1, 0.15) is 5.75 Å². The van der Waals surface area contributed by atoms with Gasteiger partial charge in [0.2, 0.25) is 6.08 Å². The maximum Gasteiger partial charge on any atom is 0.444 e. The topological polar surface area (TPSA) is 38.7 Å². The van der Waals surface area contributed by atoms with E-state index >= 15 is 0 Å². The van der Waals surface area contributed by atoms with Crippen molar-refractivity contribution >= 4 is 35.0 Å². The van der Waals surface area contributed by atoms with Crippen LogP contribution < -0.4 is 4.74 Å². The molecule has 8 heteroatoms. The molecule has 1 unspecified atom stereocenters. The minimum absolute atomic E-state index is 0.100. The number of ether oxygens (including phenoxy) is 1. The summed E-state index contributed by atoms with van der Waals surface area (Å²) in [5.41, 5.74) is -2.91. The van der Waals surface area contributed by atoms with Crippen LogP contribution in [0.4, 0.5) is 18.9 Å². The number of carbonyl (C=O) groups excluding carboxylic acids is 1. The van der Waals surface area contributed by atoms with Gasteiger partial charge >= 0.3 is 6.11 Å². The molecule has 0 aliphatic carbocycles. The van der Waals surface area contributed by atoms with E-state index in [1.54, 1.807) is 0 Å². The van der Waals surface area contributed by atoms with Crippen LogP contribution >= 0.6 is 23.2 Å². The second kappa shape index (κ2) is 5.40. The Balaban J connectivity index is 2.97. The molecule has 17 heavy (non-hydrogen) atoms. The molecule has 1 rings (SSSR count). The van der Waals surface area contributed by atoms with Crippen LogP contribution in [0, 0.1) is 0 Å². The molecule has 3 nitrogen and oxygen atoms in total. The van der Waals surface area contributed by atoms with Gasteiger partial charge in [-0.25, -0.2) is 9.18 Å². The summed E-state index contributed by atoms with van der Waals surface area (Å²) < 4.78 is 41.9. The summed E-state index contributed by atoms with van der Waals surface area (Å²) in [6, 6.07) is 3.26. The van der Waals surface area contributed by atoms with Gasteiger partial charge in [-0.3, -0.25) is 0 Å². The molecular weight excluding hydrogens is 282 g/mol. The molecule has 0 N–H and O–H groups in total. The second-order valence-corrected chi connectivity index (χ2v) is 3.57. The van der Waals surface area contributed by atoms with Gasteiger partial charge in [-0.1, -0.05) is 23.2 Å². The molecule has 0 saturated carbocycles. The highest BCUT2D eigenvalue weighted by molar-refractivity contribution is 6.32. The monoisotopic (exact) mass is 285 g/mol. The normalized spacial score (nSPS) is 12.8. The van der Waals surface area contributed by atoms with Crippen molar-refractivity contribution in [1.82, 2.24) is 0 Å². The van der Waals surface area contributed by atoms with E-state index in [2.05, 4.69) is 21.3 Å². The molecule has 92 valence electrons. The zero-order chi connectivity index (χ0) is 13.1. The maximum atomic E-state index is 12.8. The molecule has 0 spiro atoms. The maximum absolute atomic E-state index is 12.8. The predicted octanol–water partition coefficient (Wildman–Crippen LogP) is 3.81. The summed E-state index contributed by atoms with van der Waals surface area (Å²) in [6.07, 6.45) is -2.96. The SMILES string of the molecule is O=C=Nc1ccc(OC(F)(F)C(F)Cl)c(Cl)c1. The van der Waals surface area contributed by atoms with E-state index in [0.29, 0.717) is 0 Å². The molecule has 0 saturated heterocycles. The van der Waals surface area contributed by atoms with Crippen LogP contribution in [0.15, 0.2) is 23.2 Å². The van der Waals surface area contributed by atoms with Gasteiger partial charge in [0.15, 0.2) is 0 Å². The van der Waals surface area contributed by atoms with Crippen LogP contribution in [0.1, 0.15) is 0 Å². The Kier molecular flexibility index (Phi) is 4.40. The van der Waals surface area contributed by atoms with E-state index in [1.807, 2.05) is 0 Å². The van der Waals surface area contributed by atoms with E-state index in [-0.39, 0.29) is 10.7 Å². The predicted molar refractivity (Wildman–Crippen MR) is 55.6 cm³/mol. The van der Waals surface area contributed by atoms with Crippen molar-refractivity contribution in [3.8, 4) is 5.75 Å². The number of halogens is 5. The lowest BCUT2D eigenvalue weighted by atomic mass is 10.3. The average Bonchev–Trinajstić information content (AvgIpc) is 2.22. The van der Waals surface area contributed by atoms with E-state index in [1.165, 1.54) is 12.1 Å². The third kappa shape index (κ3) is 3.63. The first kappa shape index (κ1) is 13.8. The highest BCUT2D eigenvalue weighted by atomic mass is 35.5. The molecule has 1 aromatic carbocycles. The van der Waals surface area contributed by atoms with Crippen molar-refractivity contribution in [2.45, 2.75) is 11.7 Å². The standard InChI is InChI=1S/C9H4Cl2F3NO2/c10-6-3-5(15-4-16)1-2-7(6)17-9(13,14)8(11)12/h1-3,8H. The fourth-order valence-electron chi connectivity index (χ4n) is 0.886. The molecular formula is C9H4Cl2F3NO2. The fraction of sp³-hybridized carbons (Fsp3) is 0.222. The number of aliphatic imine (C=N–C) groups is 1. The Morgan fingerprint density at radius 1 is 1.47 bits per heavy atom. The van der Waals surface area contributed by atoms with Gasteiger partial charge < -0.3 is 4.74 Å². The van der Waals surface area contributed by atoms with Gasteiger partial charge in [-0.2, -0.15) is 13.8 Å². The van der Waals surface area contributed by atoms with Gasteiger partial charge in [0.05, 0.1) is 10.7 Å². The summed E-state index contributed by atoms with van der Waals surface area (Å²) in [7, 11) is 0. The highest BCUT2D eigenvalue weighted by Gasteiger charge is 2.42. The zero-order valence-corrected chi connectivity index (χ0v) is 9.47. The Labute approximate surface area is 104 Å². The quantitative estimate of drug-likeness (QED) is 0.479. The molecule has 0 amide bonds. The molecule has 0 bridgehead atoms. The number of benzene rings is 1. The van der Waals surface area contributed by atoms with E-state index < -0.39 is 17.5 Å². The minimum Gasteiger partial charge on any atom is -0.428 e. The van der Waals surface area contributed by atoms with Crippen molar-refractivity contribution in [2.75, 3.05) is 0 Å². The molecule has 0 aliphatic heterocycles. The molecule has 0 radical (unpaired) electrons. The van der Waals surface area contributed by atoms with Gasteiger partial charge in [-0.05, 0) is 18.2 Å². The van der Waals surface area contributed by atoms with E-state index in [0.717, 1.165) is 12.1 Å². The first-order valence-electron chi connectivity index (χ1n) is 4.09. The van der Waals surface area contributed by atoms with Crippen LogP contribution in [-0.2, 0) is 4.79 Å². The second-order valence-electron chi connectivity index (χ2n) is 2.78. The summed E-state index contributed by atoms with van der Waals surface area (Å²) in [5.74, 6) is -0.482. The Hall–Kier alpha value is -1.23. The molecule has 0 fully saturated rings. The van der Waals surface area contributed by atoms with E-state index in [4.69, 9.17) is 11.6 Å². The van der Waals surface area contributed by atoms with Crippen molar-refractivity contribution in [2.24, 2.45) is 4.99 Å². The van der Waals surface area contributed by atoms with Crippen LogP contribution in [0.25, 0.3) is 0 Å². The molecule has 1 aromatic rings. The zero-order valence-electron chi connectivity index (χ0n) is 7.96. The Morgan fingerprint density at radius 2 is 2.12 bits per heavy atom. The Bertz CT molecular complexity index is 462. The van der Waals surface area contributed by atoms with Crippen LogP contribution in [-0.4, -0.2) is 17.8 Å². The third-order valence-electron chi connectivity index (χ3n) is 1.59. The number of nitrogens with zero attached hydrogens (tertiary/aromatic N) is 1. The van der Waals surface area contributed by atoms with Crippen molar-refractivity contribution in [3.05, 3.63) is 23.2 Å². The van der Waals surface area contributed by atoms with Crippen molar-refractivity contribution in [1.29, 1.82) is 0 Å². The van der Waals surface area contributed by atoms with Crippen LogP contribution in [0.5, 0.6) is 5.75 Å². The summed E-state index contributed by atoms with van der Waals surface area (Å²) >= 11 is 10.2. The number of rotatable bonds is 4. The van der Waals surface area contributed by atoms with Crippen LogP contribution in [0.2, 0.25) is 5.02 Å². The summed E-state index contributed by atoms with van der Waals surface area (Å²) in [5, 5.41) is -0.265. The number of hydrogen-bond acceptors (Lipinski definition) is 3. The summed E-state index contributed by atoms with van der Waals surface area (Å²) in [4.78, 5) is 13.1. The molecule has 0 aromatic heterocycles. The van der Waals surface area contributed by atoms with Crippen LogP contribution in [0.3, 0.4) is 0 Å².